The Kier molecular flexibility index (Phi) is 4.57. The van der Waals surface area contributed by atoms with Crippen molar-refractivity contribution in [2.75, 3.05) is 0 Å². The molecule has 4 nitrogen and oxygen atoms in total. The highest BCUT2D eigenvalue weighted by atomic mass is 35.5. The SMILES string of the molecule is C[C@@]12CCCC[C@@H]1[C@@H]2C(=O)N/N=C\c1ccc(-c2ccc(Cl)c(Cl)c2)o1. The van der Waals surface area contributed by atoms with E-state index < -0.39 is 0 Å². The van der Waals surface area contributed by atoms with E-state index in [0.29, 0.717) is 27.5 Å². The van der Waals surface area contributed by atoms with Gasteiger partial charge in [0.15, 0.2) is 0 Å². The predicted molar refractivity (Wildman–Crippen MR) is 103 cm³/mol. The quantitative estimate of drug-likeness (QED) is 0.550. The first kappa shape index (κ1) is 17.6. The number of hydrogen-bond acceptors (Lipinski definition) is 3. The fourth-order valence-electron chi connectivity index (χ4n) is 4.31. The van der Waals surface area contributed by atoms with Gasteiger partial charge in [0.05, 0.1) is 16.3 Å². The smallest absolute Gasteiger partial charge is 0.244 e. The number of amides is 1. The number of benzene rings is 1. The molecule has 0 aliphatic heterocycles. The molecule has 2 fully saturated rings. The van der Waals surface area contributed by atoms with Gasteiger partial charge < -0.3 is 4.42 Å². The van der Waals surface area contributed by atoms with Crippen LogP contribution in [0.5, 0.6) is 0 Å². The summed E-state index contributed by atoms with van der Waals surface area (Å²) in [4.78, 5) is 12.4. The third-order valence-corrected chi connectivity index (χ3v) is 6.55. The van der Waals surface area contributed by atoms with Crippen molar-refractivity contribution < 1.29 is 9.21 Å². The second kappa shape index (κ2) is 6.75. The molecule has 4 rings (SSSR count). The van der Waals surface area contributed by atoms with Crippen molar-refractivity contribution in [3.8, 4) is 11.3 Å². The van der Waals surface area contributed by atoms with E-state index in [9.17, 15) is 4.79 Å². The Hall–Kier alpha value is -1.78. The second-order valence-corrected chi connectivity index (χ2v) is 8.22. The number of furan rings is 1. The maximum atomic E-state index is 12.4. The van der Waals surface area contributed by atoms with E-state index in [1.807, 2.05) is 12.1 Å². The molecule has 136 valence electrons. The molecule has 2 saturated carbocycles. The van der Waals surface area contributed by atoms with Gasteiger partial charge in [-0.1, -0.05) is 43.0 Å². The minimum absolute atomic E-state index is 0.0203. The Balaban J connectivity index is 1.38. The predicted octanol–water partition coefficient (Wildman–Crippen LogP) is 5.53. The van der Waals surface area contributed by atoms with Crippen molar-refractivity contribution in [3.63, 3.8) is 0 Å². The molecule has 6 heteroatoms. The third-order valence-electron chi connectivity index (χ3n) is 5.81. The molecule has 0 saturated heterocycles. The molecule has 0 radical (unpaired) electrons. The molecule has 3 atom stereocenters. The fraction of sp³-hybridized carbons (Fsp3) is 0.400. The highest BCUT2D eigenvalue weighted by Gasteiger charge is 2.64. The maximum Gasteiger partial charge on any atom is 0.244 e. The van der Waals surface area contributed by atoms with Gasteiger partial charge in [0, 0.05) is 11.5 Å². The lowest BCUT2D eigenvalue weighted by Gasteiger charge is -2.15. The number of carbonyl (C=O) groups is 1. The zero-order chi connectivity index (χ0) is 18.3. The summed E-state index contributed by atoms with van der Waals surface area (Å²) >= 11 is 12.0. The summed E-state index contributed by atoms with van der Waals surface area (Å²) in [5.41, 5.74) is 3.69. The van der Waals surface area contributed by atoms with E-state index in [0.717, 1.165) is 18.4 Å². The fourth-order valence-corrected chi connectivity index (χ4v) is 4.60. The molecule has 26 heavy (non-hydrogen) atoms. The Labute approximate surface area is 162 Å². The molecular weight excluding hydrogens is 371 g/mol. The molecule has 0 spiro atoms. The standard InChI is InChI=1S/C20H20Cl2N2O2/c1-20-9-3-2-4-14(20)18(20)19(25)24-23-11-13-6-8-17(26-13)12-5-7-15(21)16(22)10-12/h5-8,10-11,14,18H,2-4,9H2,1H3,(H,24,25)/b23-11-/t14-,18-,20-/m1/s1. The molecule has 2 aliphatic rings. The zero-order valence-corrected chi connectivity index (χ0v) is 16.0. The molecule has 1 heterocycles. The van der Waals surface area contributed by atoms with E-state index in [2.05, 4.69) is 17.5 Å². The Morgan fingerprint density at radius 2 is 2.12 bits per heavy atom. The summed E-state index contributed by atoms with van der Waals surface area (Å²) in [6.07, 6.45) is 6.28. The summed E-state index contributed by atoms with van der Waals surface area (Å²) in [5, 5.41) is 5.04. The summed E-state index contributed by atoms with van der Waals surface area (Å²) in [5.74, 6) is 1.87. The van der Waals surface area contributed by atoms with Crippen LogP contribution in [0.15, 0.2) is 39.9 Å². The van der Waals surface area contributed by atoms with Crippen molar-refractivity contribution in [3.05, 3.63) is 46.1 Å². The van der Waals surface area contributed by atoms with Crippen LogP contribution in [0, 0.1) is 17.3 Å². The minimum atomic E-state index is 0.0203. The van der Waals surface area contributed by atoms with Crippen LogP contribution in [-0.2, 0) is 4.79 Å². The third kappa shape index (κ3) is 3.17. The number of carbonyl (C=O) groups excluding carboxylic acids is 1. The van der Waals surface area contributed by atoms with Gasteiger partial charge in [-0.3, -0.25) is 4.79 Å². The molecule has 2 aromatic rings. The minimum Gasteiger partial charge on any atom is -0.455 e. The Morgan fingerprint density at radius 1 is 1.27 bits per heavy atom. The van der Waals surface area contributed by atoms with Crippen molar-refractivity contribution in [2.45, 2.75) is 32.6 Å². The average Bonchev–Trinajstić information content (AvgIpc) is 2.98. The van der Waals surface area contributed by atoms with E-state index in [1.54, 1.807) is 18.2 Å². The summed E-state index contributed by atoms with van der Waals surface area (Å²) in [6.45, 7) is 2.22. The maximum absolute atomic E-state index is 12.4. The van der Waals surface area contributed by atoms with Crippen molar-refractivity contribution >= 4 is 35.3 Å². The van der Waals surface area contributed by atoms with Gasteiger partial charge in [-0.25, -0.2) is 5.43 Å². The lowest BCUT2D eigenvalue weighted by atomic mass is 9.90. The molecule has 0 unspecified atom stereocenters. The van der Waals surface area contributed by atoms with Crippen LogP contribution in [0.2, 0.25) is 10.0 Å². The van der Waals surface area contributed by atoms with Crippen molar-refractivity contribution in [2.24, 2.45) is 22.4 Å². The first-order chi connectivity index (χ1) is 12.5. The molecule has 1 aromatic carbocycles. The van der Waals surface area contributed by atoms with Gasteiger partial charge in [-0.2, -0.15) is 5.10 Å². The Bertz CT molecular complexity index is 876. The summed E-state index contributed by atoms with van der Waals surface area (Å²) in [7, 11) is 0. The number of nitrogens with one attached hydrogen (secondary N) is 1. The lowest BCUT2D eigenvalue weighted by molar-refractivity contribution is -0.123. The van der Waals surface area contributed by atoms with Crippen LogP contribution in [0.3, 0.4) is 0 Å². The second-order valence-electron chi connectivity index (χ2n) is 7.40. The monoisotopic (exact) mass is 390 g/mol. The van der Waals surface area contributed by atoms with Crippen LogP contribution in [0.25, 0.3) is 11.3 Å². The summed E-state index contributed by atoms with van der Waals surface area (Å²) in [6, 6.07) is 8.95. The van der Waals surface area contributed by atoms with E-state index in [1.165, 1.54) is 19.1 Å². The Morgan fingerprint density at radius 3 is 2.85 bits per heavy atom. The number of fused-ring (bicyclic) bond motifs is 1. The van der Waals surface area contributed by atoms with Gasteiger partial charge >= 0.3 is 0 Å². The van der Waals surface area contributed by atoms with Crippen LogP contribution in [0.1, 0.15) is 38.4 Å². The largest absolute Gasteiger partial charge is 0.455 e. The number of halogens is 2. The van der Waals surface area contributed by atoms with Crippen molar-refractivity contribution in [1.82, 2.24) is 5.43 Å². The average molecular weight is 391 g/mol. The number of hydrazone groups is 1. The van der Waals surface area contributed by atoms with Crippen molar-refractivity contribution in [1.29, 1.82) is 0 Å². The number of hydrogen-bond donors (Lipinski definition) is 1. The molecule has 1 amide bonds. The lowest BCUT2D eigenvalue weighted by Crippen LogP contribution is -2.22. The number of nitrogens with zero attached hydrogens (tertiary/aromatic N) is 1. The zero-order valence-electron chi connectivity index (χ0n) is 14.5. The van der Waals surface area contributed by atoms with Crippen LogP contribution in [0.4, 0.5) is 0 Å². The van der Waals surface area contributed by atoms with Gasteiger partial charge in [0.25, 0.3) is 0 Å². The van der Waals surface area contributed by atoms with Crippen LogP contribution < -0.4 is 5.43 Å². The van der Waals surface area contributed by atoms with E-state index in [4.69, 9.17) is 27.6 Å². The topological polar surface area (TPSA) is 54.6 Å². The van der Waals surface area contributed by atoms with Gasteiger partial charge in [-0.15, -0.1) is 0 Å². The first-order valence-corrected chi connectivity index (χ1v) is 9.63. The molecule has 1 N–H and O–H groups in total. The number of rotatable bonds is 4. The van der Waals surface area contributed by atoms with Gasteiger partial charge in [-0.05, 0) is 54.5 Å². The molecule has 1 aromatic heterocycles. The van der Waals surface area contributed by atoms with Crippen LogP contribution >= 0.6 is 23.2 Å². The highest BCUT2D eigenvalue weighted by molar-refractivity contribution is 6.42. The van der Waals surface area contributed by atoms with Crippen LogP contribution in [-0.4, -0.2) is 12.1 Å². The molecule has 0 bridgehead atoms. The highest BCUT2D eigenvalue weighted by Crippen LogP contribution is 2.66. The molecular formula is C20H20Cl2N2O2. The van der Waals surface area contributed by atoms with Gasteiger partial charge in [0.1, 0.15) is 11.5 Å². The van der Waals surface area contributed by atoms with Gasteiger partial charge in [0.2, 0.25) is 5.91 Å². The normalized spacial score (nSPS) is 27.3. The molecule has 2 aliphatic carbocycles. The van der Waals surface area contributed by atoms with E-state index >= 15 is 0 Å². The first-order valence-electron chi connectivity index (χ1n) is 8.87. The summed E-state index contributed by atoms with van der Waals surface area (Å²) < 4.78 is 5.73. The van der Waals surface area contributed by atoms with E-state index in [-0.39, 0.29) is 17.2 Å².